The van der Waals surface area contributed by atoms with Crippen LogP contribution in [0.15, 0.2) is 59.1 Å². The van der Waals surface area contributed by atoms with Crippen LogP contribution in [0.4, 0.5) is 18.9 Å². The van der Waals surface area contributed by atoms with Crippen molar-refractivity contribution in [1.29, 1.82) is 0 Å². The summed E-state index contributed by atoms with van der Waals surface area (Å²) in [6.45, 7) is 4.12. The van der Waals surface area contributed by atoms with Crippen molar-refractivity contribution in [2.75, 3.05) is 12.0 Å². The number of allylic oxidation sites excluding steroid dienone is 3. The van der Waals surface area contributed by atoms with E-state index < -0.39 is 6.36 Å². The highest BCUT2D eigenvalue weighted by atomic mass is 19.4. The van der Waals surface area contributed by atoms with Crippen molar-refractivity contribution in [1.82, 2.24) is 15.4 Å². The Morgan fingerprint density at radius 3 is 2.55 bits per heavy atom. The number of ketones is 1. The maximum absolute atomic E-state index is 12.2. The molecular formula is C19H19F3N4O3. The van der Waals surface area contributed by atoms with Gasteiger partial charge >= 0.3 is 6.36 Å². The average Bonchev–Trinajstić information content (AvgIpc) is 3.12. The van der Waals surface area contributed by atoms with E-state index in [0.717, 1.165) is 29.0 Å². The molecule has 1 aromatic rings. The number of halogens is 3. The Morgan fingerprint density at radius 2 is 1.93 bits per heavy atom. The number of anilines is 1. The summed E-state index contributed by atoms with van der Waals surface area (Å²) in [5.41, 5.74) is 9.46. The minimum Gasteiger partial charge on any atom is -0.406 e. The first-order chi connectivity index (χ1) is 13.7. The number of hydrogen-bond acceptors (Lipinski definition) is 6. The molecule has 1 aliphatic carbocycles. The topological polar surface area (TPSA) is 73.9 Å². The molecule has 0 aromatic heterocycles. The molecule has 29 heavy (non-hydrogen) atoms. The van der Waals surface area contributed by atoms with Gasteiger partial charge in [0.25, 0.3) is 0 Å². The Bertz CT molecular complexity index is 904. The number of hydrogen-bond donors (Lipinski definition) is 2. The van der Waals surface area contributed by atoms with Gasteiger partial charge in [-0.2, -0.15) is 0 Å². The standard InChI is InChI=1S/C19H19F3N4O3/c1-12-7-16(28)8-18(13(12)2)25-10-15(9-23-25)26(11-27)24-14-3-5-17(6-4-14)29-19(20,21)22/h3-6,8-9,11,23-24H,7,10H2,1-2H3. The van der Waals surface area contributed by atoms with E-state index in [9.17, 15) is 22.8 Å². The second-order valence-electron chi connectivity index (χ2n) is 6.59. The van der Waals surface area contributed by atoms with Gasteiger partial charge in [0.1, 0.15) is 5.75 Å². The van der Waals surface area contributed by atoms with Crippen LogP contribution in [0.25, 0.3) is 0 Å². The van der Waals surface area contributed by atoms with Crippen LogP contribution in [0.3, 0.4) is 0 Å². The average molecular weight is 408 g/mol. The van der Waals surface area contributed by atoms with Gasteiger partial charge < -0.3 is 10.2 Å². The Hall–Kier alpha value is -3.43. The van der Waals surface area contributed by atoms with E-state index in [4.69, 9.17) is 0 Å². The van der Waals surface area contributed by atoms with Crippen molar-refractivity contribution in [2.45, 2.75) is 26.6 Å². The third-order valence-electron chi connectivity index (χ3n) is 4.51. The van der Waals surface area contributed by atoms with Crippen molar-refractivity contribution in [3.63, 3.8) is 0 Å². The minimum absolute atomic E-state index is 0.00452. The van der Waals surface area contributed by atoms with E-state index in [2.05, 4.69) is 15.6 Å². The van der Waals surface area contributed by atoms with Crippen molar-refractivity contribution < 1.29 is 27.5 Å². The van der Waals surface area contributed by atoms with E-state index in [1.807, 2.05) is 13.8 Å². The fraction of sp³-hybridized carbons (Fsp3) is 0.263. The van der Waals surface area contributed by atoms with Crippen LogP contribution in [0.1, 0.15) is 20.3 Å². The molecule has 0 saturated heterocycles. The molecule has 3 rings (SSSR count). The summed E-state index contributed by atoms with van der Waals surface area (Å²) < 4.78 is 40.5. The molecule has 10 heteroatoms. The highest BCUT2D eigenvalue weighted by Gasteiger charge is 2.31. The third kappa shape index (κ3) is 4.89. The Balaban J connectivity index is 1.66. The smallest absolute Gasteiger partial charge is 0.406 e. The minimum atomic E-state index is -4.77. The number of alkyl halides is 3. The van der Waals surface area contributed by atoms with Gasteiger partial charge in [-0.05, 0) is 43.7 Å². The lowest BCUT2D eigenvalue weighted by Crippen LogP contribution is -2.35. The van der Waals surface area contributed by atoms with Gasteiger partial charge in [0.05, 0.1) is 23.6 Å². The van der Waals surface area contributed by atoms with Crippen molar-refractivity contribution >= 4 is 17.9 Å². The van der Waals surface area contributed by atoms with Crippen LogP contribution in [0, 0.1) is 0 Å². The molecule has 1 heterocycles. The molecule has 0 fully saturated rings. The van der Waals surface area contributed by atoms with E-state index in [-0.39, 0.29) is 11.5 Å². The lowest BCUT2D eigenvalue weighted by molar-refractivity contribution is -0.274. The summed E-state index contributed by atoms with van der Waals surface area (Å²) in [4.78, 5) is 23.4. The first kappa shape index (κ1) is 20.3. The number of nitrogens with zero attached hydrogens (tertiary/aromatic N) is 2. The van der Waals surface area contributed by atoms with Crippen LogP contribution < -0.4 is 15.6 Å². The van der Waals surface area contributed by atoms with Crippen LogP contribution in [0.5, 0.6) is 5.75 Å². The number of ether oxygens (including phenoxy) is 1. The molecule has 0 bridgehead atoms. The fourth-order valence-electron chi connectivity index (χ4n) is 2.95. The van der Waals surface area contributed by atoms with E-state index >= 15 is 0 Å². The summed E-state index contributed by atoms with van der Waals surface area (Å²) in [6.07, 6.45) is -0.673. The molecule has 0 radical (unpaired) electrons. The molecule has 0 saturated carbocycles. The molecule has 0 unspecified atom stereocenters. The first-order valence-corrected chi connectivity index (χ1v) is 8.67. The number of nitrogens with one attached hydrogen (secondary N) is 2. The van der Waals surface area contributed by atoms with Crippen molar-refractivity contribution in [3.8, 4) is 5.75 Å². The van der Waals surface area contributed by atoms with E-state index in [1.54, 1.807) is 17.3 Å². The van der Waals surface area contributed by atoms with Crippen LogP contribution in [-0.2, 0) is 9.59 Å². The summed E-state index contributed by atoms with van der Waals surface area (Å²) in [5, 5.41) is 2.94. The van der Waals surface area contributed by atoms with Gasteiger partial charge in [0.2, 0.25) is 6.41 Å². The zero-order valence-corrected chi connectivity index (χ0v) is 15.7. The quantitative estimate of drug-likeness (QED) is 0.556. The summed E-state index contributed by atoms with van der Waals surface area (Å²) in [6, 6.07) is 5.00. The normalized spacial score (nSPS) is 16.9. The SMILES string of the molecule is CC1=C(C)C(N2CC(N(C=O)Nc3ccc(OC(F)(F)F)cc3)=CN2)=CC(=O)C1. The van der Waals surface area contributed by atoms with Gasteiger partial charge in [-0.15, -0.1) is 13.2 Å². The number of benzene rings is 1. The highest BCUT2D eigenvalue weighted by molar-refractivity contribution is 5.94. The fourth-order valence-corrected chi connectivity index (χ4v) is 2.95. The number of carbonyl (C=O) groups excluding carboxylic acids is 2. The van der Waals surface area contributed by atoms with Gasteiger partial charge in [0, 0.05) is 18.7 Å². The Morgan fingerprint density at radius 1 is 1.24 bits per heavy atom. The van der Waals surface area contributed by atoms with Gasteiger partial charge in [-0.25, -0.2) is 5.01 Å². The van der Waals surface area contributed by atoms with Crippen LogP contribution >= 0.6 is 0 Å². The van der Waals surface area contributed by atoms with Crippen LogP contribution in [0.2, 0.25) is 0 Å². The summed E-state index contributed by atoms with van der Waals surface area (Å²) in [7, 11) is 0. The number of amides is 1. The number of rotatable bonds is 6. The Labute approximate surface area is 165 Å². The summed E-state index contributed by atoms with van der Waals surface area (Å²) in [5.74, 6) is -0.356. The molecular weight excluding hydrogens is 389 g/mol. The lowest BCUT2D eigenvalue weighted by atomic mass is 9.96. The van der Waals surface area contributed by atoms with E-state index in [0.29, 0.717) is 30.8 Å². The molecule has 7 nitrogen and oxygen atoms in total. The third-order valence-corrected chi connectivity index (χ3v) is 4.51. The lowest BCUT2D eigenvalue weighted by Gasteiger charge is -2.27. The largest absolute Gasteiger partial charge is 0.573 e. The molecule has 154 valence electrons. The molecule has 1 aliphatic heterocycles. The van der Waals surface area contributed by atoms with Gasteiger partial charge in [-0.1, -0.05) is 5.57 Å². The second kappa shape index (κ2) is 7.90. The van der Waals surface area contributed by atoms with Gasteiger partial charge in [-0.3, -0.25) is 20.0 Å². The van der Waals surface area contributed by atoms with Crippen LogP contribution in [-0.4, -0.2) is 35.1 Å². The molecule has 2 N–H and O–H groups in total. The first-order valence-electron chi connectivity index (χ1n) is 8.67. The molecule has 2 aliphatic rings. The van der Waals surface area contributed by atoms with Crippen molar-refractivity contribution in [2.24, 2.45) is 0 Å². The maximum Gasteiger partial charge on any atom is 0.573 e. The Kier molecular flexibility index (Phi) is 5.53. The van der Waals surface area contributed by atoms with E-state index in [1.165, 1.54) is 17.1 Å². The maximum atomic E-state index is 12.2. The molecule has 0 atom stereocenters. The monoisotopic (exact) mass is 408 g/mol. The number of hydrazine groups is 2. The molecule has 0 spiro atoms. The predicted molar refractivity (Wildman–Crippen MR) is 98.7 cm³/mol. The zero-order chi connectivity index (χ0) is 21.2. The molecule has 1 amide bonds. The predicted octanol–water partition coefficient (Wildman–Crippen LogP) is 3.23. The van der Waals surface area contributed by atoms with Crippen molar-refractivity contribution in [3.05, 3.63) is 59.1 Å². The second-order valence-corrected chi connectivity index (χ2v) is 6.59. The van der Waals surface area contributed by atoms with Gasteiger partial charge in [0.15, 0.2) is 5.78 Å². The summed E-state index contributed by atoms with van der Waals surface area (Å²) >= 11 is 0. The molecule has 1 aromatic carbocycles. The number of carbonyl (C=O) groups is 2. The highest BCUT2D eigenvalue weighted by Crippen LogP contribution is 2.28. The zero-order valence-electron chi connectivity index (χ0n) is 15.7.